The number of nitrogens with zero attached hydrogens (tertiary/aromatic N) is 2. The van der Waals surface area contributed by atoms with Crippen LogP contribution in [0.1, 0.15) is 13.3 Å². The van der Waals surface area contributed by atoms with E-state index in [0.717, 1.165) is 13.0 Å². The number of hydrogen-bond acceptors (Lipinski definition) is 3. The second-order valence-electron chi connectivity index (χ2n) is 3.66. The topological polar surface area (TPSA) is 37.8 Å². The Labute approximate surface area is 99.7 Å². The van der Waals surface area contributed by atoms with Crippen molar-refractivity contribution in [2.45, 2.75) is 13.3 Å². The number of aromatic nitrogens is 2. The molecule has 2 rings (SSSR count). The summed E-state index contributed by atoms with van der Waals surface area (Å²) in [4.78, 5) is 8.39. The van der Waals surface area contributed by atoms with Gasteiger partial charge in [-0.3, -0.25) is 4.98 Å². The molecule has 1 heterocycles. The van der Waals surface area contributed by atoms with Gasteiger partial charge in [0.15, 0.2) is 5.82 Å². The van der Waals surface area contributed by atoms with E-state index < -0.39 is 0 Å². The van der Waals surface area contributed by atoms with E-state index in [1.165, 1.54) is 6.07 Å². The highest BCUT2D eigenvalue weighted by atomic mass is 19.1. The van der Waals surface area contributed by atoms with Gasteiger partial charge in [0, 0.05) is 24.5 Å². The van der Waals surface area contributed by atoms with Crippen LogP contribution in [0, 0.1) is 5.82 Å². The number of halogens is 1. The Morgan fingerprint density at radius 1 is 1.18 bits per heavy atom. The quantitative estimate of drug-likeness (QED) is 0.878. The fourth-order valence-electron chi connectivity index (χ4n) is 1.56. The Bertz CT molecular complexity index is 500. The smallest absolute Gasteiger partial charge is 0.152 e. The molecule has 0 unspecified atom stereocenters. The fourth-order valence-corrected chi connectivity index (χ4v) is 1.56. The van der Waals surface area contributed by atoms with Crippen LogP contribution in [-0.2, 0) is 0 Å². The first-order chi connectivity index (χ1) is 8.33. The van der Waals surface area contributed by atoms with Crippen LogP contribution in [0.2, 0.25) is 0 Å². The molecule has 1 aromatic heterocycles. The van der Waals surface area contributed by atoms with E-state index in [-0.39, 0.29) is 5.82 Å². The zero-order valence-corrected chi connectivity index (χ0v) is 9.65. The van der Waals surface area contributed by atoms with Crippen molar-refractivity contribution in [1.82, 2.24) is 9.97 Å². The second-order valence-corrected chi connectivity index (χ2v) is 3.66. The number of benzene rings is 1. The number of anilines is 1. The van der Waals surface area contributed by atoms with E-state index >= 15 is 0 Å². The average molecular weight is 231 g/mol. The van der Waals surface area contributed by atoms with Crippen LogP contribution >= 0.6 is 0 Å². The standard InChI is InChI=1S/C13H14FN3/c1-2-7-16-13-12(15-8-9-17-13)10-5-3-4-6-11(10)14/h3-6,8-9H,2,7H2,1H3,(H,16,17). The van der Waals surface area contributed by atoms with Crippen LogP contribution in [0.25, 0.3) is 11.3 Å². The van der Waals surface area contributed by atoms with Crippen molar-refractivity contribution in [2.75, 3.05) is 11.9 Å². The van der Waals surface area contributed by atoms with Gasteiger partial charge in [-0.1, -0.05) is 19.1 Å². The summed E-state index contributed by atoms with van der Waals surface area (Å²) < 4.78 is 13.7. The first-order valence-corrected chi connectivity index (χ1v) is 5.62. The first kappa shape index (κ1) is 11.5. The SMILES string of the molecule is CCCNc1nccnc1-c1ccccc1F. The molecule has 17 heavy (non-hydrogen) atoms. The fraction of sp³-hybridized carbons (Fsp3) is 0.231. The number of rotatable bonds is 4. The third kappa shape index (κ3) is 2.58. The molecule has 3 nitrogen and oxygen atoms in total. The van der Waals surface area contributed by atoms with Crippen molar-refractivity contribution in [3.8, 4) is 11.3 Å². The van der Waals surface area contributed by atoms with Gasteiger partial charge in [0.05, 0.1) is 0 Å². The normalized spacial score (nSPS) is 10.2. The van der Waals surface area contributed by atoms with Crippen molar-refractivity contribution >= 4 is 5.82 Å². The van der Waals surface area contributed by atoms with Crippen LogP contribution < -0.4 is 5.32 Å². The number of nitrogens with one attached hydrogen (secondary N) is 1. The van der Waals surface area contributed by atoms with Crippen molar-refractivity contribution in [1.29, 1.82) is 0 Å². The van der Waals surface area contributed by atoms with Gasteiger partial charge in [0.25, 0.3) is 0 Å². The minimum absolute atomic E-state index is 0.285. The highest BCUT2D eigenvalue weighted by Crippen LogP contribution is 2.25. The lowest BCUT2D eigenvalue weighted by Gasteiger charge is -2.09. The van der Waals surface area contributed by atoms with Crippen LogP contribution in [0.5, 0.6) is 0 Å². The summed E-state index contributed by atoms with van der Waals surface area (Å²) in [5.41, 5.74) is 1.03. The summed E-state index contributed by atoms with van der Waals surface area (Å²) in [5.74, 6) is 0.340. The summed E-state index contributed by atoms with van der Waals surface area (Å²) in [6, 6.07) is 6.58. The zero-order valence-electron chi connectivity index (χ0n) is 9.65. The third-order valence-corrected chi connectivity index (χ3v) is 2.37. The molecule has 0 aliphatic rings. The molecule has 0 spiro atoms. The molecule has 0 saturated carbocycles. The molecule has 0 bridgehead atoms. The molecular weight excluding hydrogens is 217 g/mol. The molecule has 0 radical (unpaired) electrons. The van der Waals surface area contributed by atoms with E-state index in [1.54, 1.807) is 30.6 Å². The predicted octanol–water partition coefficient (Wildman–Crippen LogP) is 3.10. The zero-order chi connectivity index (χ0) is 12.1. The second kappa shape index (κ2) is 5.39. The maximum atomic E-state index is 13.7. The van der Waals surface area contributed by atoms with Crippen molar-refractivity contribution in [3.05, 3.63) is 42.5 Å². The molecular formula is C13H14FN3. The Balaban J connectivity index is 2.41. The van der Waals surface area contributed by atoms with Gasteiger partial charge in [-0.15, -0.1) is 0 Å². The summed E-state index contributed by atoms with van der Waals surface area (Å²) in [5, 5.41) is 3.15. The predicted molar refractivity (Wildman–Crippen MR) is 66.2 cm³/mol. The van der Waals surface area contributed by atoms with E-state index in [1.807, 2.05) is 0 Å². The first-order valence-electron chi connectivity index (χ1n) is 5.62. The van der Waals surface area contributed by atoms with Gasteiger partial charge in [0.1, 0.15) is 11.5 Å². The molecule has 4 heteroatoms. The molecule has 0 aliphatic heterocycles. The van der Waals surface area contributed by atoms with E-state index in [4.69, 9.17) is 0 Å². The van der Waals surface area contributed by atoms with Crippen molar-refractivity contribution in [3.63, 3.8) is 0 Å². The molecule has 0 amide bonds. The van der Waals surface area contributed by atoms with Gasteiger partial charge in [0.2, 0.25) is 0 Å². The highest BCUT2D eigenvalue weighted by molar-refractivity contribution is 5.71. The van der Waals surface area contributed by atoms with Crippen LogP contribution in [0.4, 0.5) is 10.2 Å². The lowest BCUT2D eigenvalue weighted by atomic mass is 10.1. The summed E-state index contributed by atoms with van der Waals surface area (Å²) >= 11 is 0. The third-order valence-electron chi connectivity index (χ3n) is 2.37. The maximum Gasteiger partial charge on any atom is 0.152 e. The lowest BCUT2D eigenvalue weighted by Crippen LogP contribution is -2.05. The Kier molecular flexibility index (Phi) is 3.65. The minimum Gasteiger partial charge on any atom is -0.368 e. The molecule has 2 aromatic rings. The van der Waals surface area contributed by atoms with Crippen LogP contribution in [-0.4, -0.2) is 16.5 Å². The van der Waals surface area contributed by atoms with Gasteiger partial charge in [-0.2, -0.15) is 0 Å². The lowest BCUT2D eigenvalue weighted by molar-refractivity contribution is 0.630. The summed E-state index contributed by atoms with van der Waals surface area (Å²) in [6.45, 7) is 2.85. The minimum atomic E-state index is -0.285. The van der Waals surface area contributed by atoms with Gasteiger partial charge in [-0.05, 0) is 18.6 Å². The molecule has 1 N–H and O–H groups in total. The van der Waals surface area contributed by atoms with Crippen LogP contribution in [0.15, 0.2) is 36.7 Å². The summed E-state index contributed by atoms with van der Waals surface area (Å²) in [7, 11) is 0. The summed E-state index contributed by atoms with van der Waals surface area (Å²) in [6.07, 6.45) is 4.15. The molecule has 0 fully saturated rings. The maximum absolute atomic E-state index is 13.7. The van der Waals surface area contributed by atoms with Crippen LogP contribution in [0.3, 0.4) is 0 Å². The molecule has 0 aliphatic carbocycles. The Morgan fingerprint density at radius 2 is 1.94 bits per heavy atom. The largest absolute Gasteiger partial charge is 0.368 e. The molecule has 88 valence electrons. The van der Waals surface area contributed by atoms with E-state index in [9.17, 15) is 4.39 Å². The monoisotopic (exact) mass is 231 g/mol. The van der Waals surface area contributed by atoms with Gasteiger partial charge in [-0.25, -0.2) is 9.37 Å². The van der Waals surface area contributed by atoms with Crippen molar-refractivity contribution < 1.29 is 4.39 Å². The van der Waals surface area contributed by atoms with E-state index in [2.05, 4.69) is 22.2 Å². The van der Waals surface area contributed by atoms with Gasteiger partial charge >= 0.3 is 0 Å². The van der Waals surface area contributed by atoms with Crippen molar-refractivity contribution in [2.24, 2.45) is 0 Å². The molecule has 1 aromatic carbocycles. The molecule has 0 saturated heterocycles. The number of hydrogen-bond donors (Lipinski definition) is 1. The Hall–Kier alpha value is -1.97. The van der Waals surface area contributed by atoms with E-state index in [0.29, 0.717) is 17.1 Å². The van der Waals surface area contributed by atoms with Gasteiger partial charge < -0.3 is 5.32 Å². The average Bonchev–Trinajstić information content (AvgIpc) is 2.37. The Morgan fingerprint density at radius 3 is 2.71 bits per heavy atom. The molecule has 0 atom stereocenters. The highest BCUT2D eigenvalue weighted by Gasteiger charge is 2.10.